The highest BCUT2D eigenvalue weighted by Gasteiger charge is 2.04. The molecule has 15 heavy (non-hydrogen) atoms. The van der Waals surface area contributed by atoms with E-state index in [1.807, 2.05) is 31.2 Å². The van der Waals surface area contributed by atoms with E-state index in [1.54, 1.807) is 6.92 Å². The monoisotopic (exact) mass is 223 g/mol. The predicted molar refractivity (Wildman–Crippen MR) is 61.6 cm³/mol. The van der Waals surface area contributed by atoms with Crippen LogP contribution in [0.3, 0.4) is 0 Å². The second-order valence-corrected chi connectivity index (χ2v) is 3.90. The number of rotatable bonds is 4. The summed E-state index contributed by atoms with van der Waals surface area (Å²) in [6.45, 7) is 3.70. The molecule has 0 unspecified atom stereocenters. The topological polar surface area (TPSA) is 49.3 Å². The fourth-order valence-corrected chi connectivity index (χ4v) is 1.65. The van der Waals surface area contributed by atoms with Crippen molar-refractivity contribution in [3.05, 3.63) is 41.6 Å². The molecule has 0 saturated carbocycles. The van der Waals surface area contributed by atoms with E-state index >= 15 is 0 Å². The summed E-state index contributed by atoms with van der Waals surface area (Å²) in [5.74, 6) is -0.947. The summed E-state index contributed by atoms with van der Waals surface area (Å²) in [6.07, 6.45) is 1.53. The SMILES string of the molecule is C/C=C(/NSc1ccc(C)cc1)C(=O)O. The fraction of sp³-hybridized carbons (Fsp3) is 0.182. The van der Waals surface area contributed by atoms with Crippen LogP contribution in [0.15, 0.2) is 40.9 Å². The van der Waals surface area contributed by atoms with Gasteiger partial charge in [0.1, 0.15) is 5.70 Å². The van der Waals surface area contributed by atoms with Crippen LogP contribution in [-0.2, 0) is 4.79 Å². The molecule has 0 atom stereocenters. The highest BCUT2D eigenvalue weighted by molar-refractivity contribution is 7.97. The Labute approximate surface area is 93.3 Å². The number of hydrogen-bond donors (Lipinski definition) is 2. The number of carbonyl (C=O) groups is 1. The third-order valence-electron chi connectivity index (χ3n) is 1.82. The Bertz CT molecular complexity index is 371. The summed E-state index contributed by atoms with van der Waals surface area (Å²) >= 11 is 1.29. The average Bonchev–Trinajstić information content (AvgIpc) is 2.21. The van der Waals surface area contributed by atoms with E-state index in [0.29, 0.717) is 0 Å². The Hall–Kier alpha value is -1.42. The van der Waals surface area contributed by atoms with Gasteiger partial charge < -0.3 is 9.83 Å². The third kappa shape index (κ3) is 3.67. The molecule has 0 heterocycles. The number of nitrogens with one attached hydrogen (secondary N) is 1. The maximum atomic E-state index is 10.7. The molecular formula is C11H13NO2S. The molecule has 0 amide bonds. The first-order chi connectivity index (χ1) is 7.13. The zero-order valence-corrected chi connectivity index (χ0v) is 9.47. The van der Waals surface area contributed by atoms with Crippen molar-refractivity contribution < 1.29 is 9.90 Å². The summed E-state index contributed by atoms with van der Waals surface area (Å²) in [5, 5.41) is 8.75. The molecule has 1 aromatic carbocycles. The van der Waals surface area contributed by atoms with Crippen LogP contribution in [0.4, 0.5) is 0 Å². The number of hydrogen-bond acceptors (Lipinski definition) is 3. The van der Waals surface area contributed by atoms with Gasteiger partial charge in [-0.25, -0.2) is 4.79 Å². The molecule has 0 spiro atoms. The predicted octanol–water partition coefficient (Wildman–Crippen LogP) is 2.58. The van der Waals surface area contributed by atoms with Crippen LogP contribution in [0.5, 0.6) is 0 Å². The number of benzene rings is 1. The van der Waals surface area contributed by atoms with Crippen molar-refractivity contribution >= 4 is 17.9 Å². The van der Waals surface area contributed by atoms with E-state index < -0.39 is 5.97 Å². The van der Waals surface area contributed by atoms with Crippen molar-refractivity contribution in [2.24, 2.45) is 0 Å². The minimum atomic E-state index is -0.947. The molecule has 4 heteroatoms. The van der Waals surface area contributed by atoms with Crippen LogP contribution in [0.2, 0.25) is 0 Å². The quantitative estimate of drug-likeness (QED) is 0.608. The smallest absolute Gasteiger partial charge is 0.352 e. The number of aryl methyl sites for hydroxylation is 1. The number of carboxylic acids is 1. The molecule has 0 aromatic heterocycles. The van der Waals surface area contributed by atoms with Crippen molar-refractivity contribution in [3.8, 4) is 0 Å². The first-order valence-electron chi connectivity index (χ1n) is 4.52. The lowest BCUT2D eigenvalue weighted by atomic mass is 10.2. The molecule has 1 rings (SSSR count). The van der Waals surface area contributed by atoms with Crippen LogP contribution in [0, 0.1) is 6.92 Å². The third-order valence-corrected chi connectivity index (χ3v) is 2.65. The van der Waals surface area contributed by atoms with Crippen LogP contribution in [-0.4, -0.2) is 11.1 Å². The summed E-state index contributed by atoms with van der Waals surface area (Å²) < 4.78 is 2.78. The molecule has 1 aromatic rings. The zero-order chi connectivity index (χ0) is 11.3. The van der Waals surface area contributed by atoms with Crippen molar-refractivity contribution in [1.29, 1.82) is 0 Å². The van der Waals surface area contributed by atoms with Crippen LogP contribution >= 0.6 is 11.9 Å². The van der Waals surface area contributed by atoms with E-state index in [1.165, 1.54) is 23.6 Å². The van der Waals surface area contributed by atoms with Gasteiger partial charge in [0.15, 0.2) is 0 Å². The Morgan fingerprint density at radius 3 is 2.47 bits per heavy atom. The van der Waals surface area contributed by atoms with E-state index in [2.05, 4.69) is 4.72 Å². The normalized spacial score (nSPS) is 11.2. The van der Waals surface area contributed by atoms with Gasteiger partial charge in [-0.1, -0.05) is 23.8 Å². The Kier molecular flexibility index (Phi) is 4.24. The molecule has 0 aliphatic rings. The van der Waals surface area contributed by atoms with Gasteiger partial charge in [-0.3, -0.25) is 0 Å². The van der Waals surface area contributed by atoms with E-state index in [-0.39, 0.29) is 5.70 Å². The molecular weight excluding hydrogens is 210 g/mol. The van der Waals surface area contributed by atoms with E-state index in [4.69, 9.17) is 5.11 Å². The number of carboxylic acid groups (broad SMARTS) is 1. The van der Waals surface area contributed by atoms with Crippen LogP contribution in [0.25, 0.3) is 0 Å². The lowest BCUT2D eigenvalue weighted by Gasteiger charge is -2.05. The van der Waals surface area contributed by atoms with Gasteiger partial charge >= 0.3 is 5.97 Å². The molecule has 0 bridgehead atoms. The second-order valence-electron chi connectivity index (χ2n) is 3.02. The van der Waals surface area contributed by atoms with Gasteiger partial charge in [-0.15, -0.1) is 0 Å². The Morgan fingerprint density at radius 1 is 1.40 bits per heavy atom. The Morgan fingerprint density at radius 2 is 2.00 bits per heavy atom. The van der Waals surface area contributed by atoms with Gasteiger partial charge in [0.25, 0.3) is 0 Å². The van der Waals surface area contributed by atoms with E-state index in [0.717, 1.165) is 4.90 Å². The minimum absolute atomic E-state index is 0.195. The maximum absolute atomic E-state index is 10.7. The minimum Gasteiger partial charge on any atom is -0.477 e. The molecule has 2 N–H and O–H groups in total. The summed E-state index contributed by atoms with van der Waals surface area (Å²) in [5.41, 5.74) is 1.38. The van der Waals surface area contributed by atoms with Gasteiger partial charge in [0.2, 0.25) is 0 Å². The van der Waals surface area contributed by atoms with Crippen LogP contribution < -0.4 is 4.72 Å². The van der Waals surface area contributed by atoms with Gasteiger partial charge in [-0.2, -0.15) is 0 Å². The highest BCUT2D eigenvalue weighted by Crippen LogP contribution is 2.16. The van der Waals surface area contributed by atoms with Crippen LogP contribution in [0.1, 0.15) is 12.5 Å². The molecule has 0 radical (unpaired) electrons. The molecule has 3 nitrogen and oxygen atoms in total. The number of aliphatic carboxylic acids is 1. The van der Waals surface area contributed by atoms with Crippen molar-refractivity contribution in [2.75, 3.05) is 0 Å². The maximum Gasteiger partial charge on any atom is 0.352 e. The molecule has 80 valence electrons. The highest BCUT2D eigenvalue weighted by atomic mass is 32.2. The second kappa shape index (κ2) is 5.46. The average molecular weight is 223 g/mol. The standard InChI is InChI=1S/C11H13NO2S/c1-3-10(11(13)14)12-15-9-6-4-8(2)5-7-9/h3-7,12H,1-2H3,(H,13,14)/b10-3+. The van der Waals surface area contributed by atoms with Gasteiger partial charge in [0.05, 0.1) is 0 Å². The zero-order valence-electron chi connectivity index (χ0n) is 8.65. The summed E-state index contributed by atoms with van der Waals surface area (Å²) in [4.78, 5) is 11.6. The van der Waals surface area contributed by atoms with Crippen molar-refractivity contribution in [1.82, 2.24) is 4.72 Å². The fourth-order valence-electron chi connectivity index (χ4n) is 0.946. The molecule has 0 aliphatic heterocycles. The molecule has 0 aliphatic carbocycles. The van der Waals surface area contributed by atoms with Gasteiger partial charge in [0, 0.05) is 4.90 Å². The first-order valence-corrected chi connectivity index (χ1v) is 5.34. The summed E-state index contributed by atoms with van der Waals surface area (Å²) in [7, 11) is 0. The first kappa shape index (κ1) is 11.7. The van der Waals surface area contributed by atoms with Crippen molar-refractivity contribution in [2.45, 2.75) is 18.7 Å². The molecule has 0 saturated heterocycles. The summed E-state index contributed by atoms with van der Waals surface area (Å²) in [6, 6.07) is 7.87. The van der Waals surface area contributed by atoms with Gasteiger partial charge in [-0.05, 0) is 37.9 Å². The van der Waals surface area contributed by atoms with E-state index in [9.17, 15) is 4.79 Å². The lowest BCUT2D eigenvalue weighted by molar-refractivity contribution is -0.132. The lowest BCUT2D eigenvalue weighted by Crippen LogP contribution is -2.12. The van der Waals surface area contributed by atoms with Crippen molar-refractivity contribution in [3.63, 3.8) is 0 Å². The largest absolute Gasteiger partial charge is 0.477 e. The number of allylic oxidation sites excluding steroid dienone is 1. The Balaban J connectivity index is 2.57. The molecule has 0 fully saturated rings.